The van der Waals surface area contributed by atoms with Gasteiger partial charge in [-0.2, -0.15) is 0 Å². The normalized spacial score (nSPS) is 17.2. The number of aliphatic hydroxyl groups is 2. The number of pyridine rings is 1. The van der Waals surface area contributed by atoms with E-state index in [1.807, 2.05) is 36.5 Å². The number of fused-ring (bicyclic) bond motifs is 2. The highest BCUT2D eigenvalue weighted by atomic mass is 35.5. The average molecular weight is 482 g/mol. The first-order chi connectivity index (χ1) is 16.5. The lowest BCUT2D eigenvalue weighted by Crippen LogP contribution is -2.43. The van der Waals surface area contributed by atoms with E-state index in [0.717, 1.165) is 34.8 Å². The second-order valence-electron chi connectivity index (χ2n) is 8.80. The maximum absolute atomic E-state index is 11.4. The van der Waals surface area contributed by atoms with Gasteiger partial charge in [-0.05, 0) is 24.3 Å². The number of aliphatic hydroxyl groups excluding tert-OH is 1. The molecule has 4 aromatic rings. The van der Waals surface area contributed by atoms with Crippen molar-refractivity contribution in [2.75, 3.05) is 26.7 Å². The van der Waals surface area contributed by atoms with Gasteiger partial charge in [0, 0.05) is 67.0 Å². The maximum Gasteiger partial charge on any atom is 0.198 e. The molecule has 0 bridgehead atoms. The molecule has 0 aliphatic carbocycles. The van der Waals surface area contributed by atoms with Crippen LogP contribution in [0.4, 0.5) is 0 Å². The quantitative estimate of drug-likeness (QED) is 0.338. The fourth-order valence-corrected chi connectivity index (χ4v) is 5.08. The average Bonchev–Trinajstić information content (AvgIpc) is 3.36. The minimum absolute atomic E-state index is 0.436. The Kier molecular flexibility index (Phi) is 6.36. The number of rotatable bonds is 7. The number of hydrogen-bond donors (Lipinski definition) is 3. The molecule has 3 heterocycles. The molecule has 7 nitrogen and oxygen atoms in total. The molecule has 2 aromatic heterocycles. The third kappa shape index (κ3) is 4.32. The van der Waals surface area contributed by atoms with Crippen molar-refractivity contribution in [3.8, 4) is 11.5 Å². The SMILES string of the molecule is COc1cc(OC(O)CCN2CCC(O)(c3cncc4ccccc34)CC2)c2cc[nH]c2c1Cl. The summed E-state index contributed by atoms with van der Waals surface area (Å²) >= 11 is 6.35. The fraction of sp³-hybridized carbons (Fsp3) is 0.346. The van der Waals surface area contributed by atoms with Crippen molar-refractivity contribution in [1.29, 1.82) is 0 Å². The van der Waals surface area contributed by atoms with Crippen molar-refractivity contribution in [1.82, 2.24) is 14.9 Å². The molecule has 1 atom stereocenters. The highest BCUT2D eigenvalue weighted by Crippen LogP contribution is 2.39. The molecule has 0 saturated carbocycles. The number of aromatic amines is 1. The van der Waals surface area contributed by atoms with Gasteiger partial charge in [-0.15, -0.1) is 0 Å². The molecule has 1 saturated heterocycles. The van der Waals surface area contributed by atoms with E-state index in [4.69, 9.17) is 21.1 Å². The summed E-state index contributed by atoms with van der Waals surface area (Å²) in [5.41, 5.74) is 0.696. The number of benzene rings is 2. The highest BCUT2D eigenvalue weighted by Gasteiger charge is 2.35. The molecule has 1 unspecified atom stereocenters. The van der Waals surface area contributed by atoms with Crippen molar-refractivity contribution in [3.63, 3.8) is 0 Å². The van der Waals surface area contributed by atoms with Crippen molar-refractivity contribution in [3.05, 3.63) is 65.6 Å². The van der Waals surface area contributed by atoms with Crippen LogP contribution in [0.15, 0.2) is 55.0 Å². The summed E-state index contributed by atoms with van der Waals surface area (Å²) in [6.45, 7) is 2.11. The largest absolute Gasteiger partial charge is 0.495 e. The summed E-state index contributed by atoms with van der Waals surface area (Å²) in [6.07, 6.45) is 6.07. The van der Waals surface area contributed by atoms with Crippen LogP contribution in [0.3, 0.4) is 0 Å². The number of nitrogens with one attached hydrogen (secondary N) is 1. The number of halogens is 1. The number of H-pyrrole nitrogens is 1. The Balaban J connectivity index is 1.20. The number of nitrogens with zero attached hydrogens (tertiary/aromatic N) is 2. The standard InChI is InChI=1S/C26H28ClN3O4/c1-33-22-14-21(19-6-10-29-25(19)24(22)27)34-23(31)7-11-30-12-8-26(32,9-13-30)20-16-28-15-17-4-2-3-5-18(17)20/h2-6,10,14-16,23,29,31-32H,7-9,11-13H2,1H3. The van der Waals surface area contributed by atoms with Crippen LogP contribution in [0.5, 0.6) is 11.5 Å². The van der Waals surface area contributed by atoms with Gasteiger partial charge in [-0.3, -0.25) is 4.98 Å². The Morgan fingerprint density at radius 1 is 1.15 bits per heavy atom. The number of likely N-dealkylation sites (tertiary alicyclic amines) is 1. The molecule has 2 aromatic carbocycles. The molecule has 0 radical (unpaired) electrons. The van der Waals surface area contributed by atoms with Gasteiger partial charge in [0.1, 0.15) is 16.5 Å². The first kappa shape index (κ1) is 22.9. The molecule has 178 valence electrons. The second-order valence-corrected chi connectivity index (χ2v) is 9.18. The van der Waals surface area contributed by atoms with Crippen LogP contribution in [0.25, 0.3) is 21.7 Å². The van der Waals surface area contributed by atoms with E-state index in [1.54, 1.807) is 25.6 Å². The van der Waals surface area contributed by atoms with Crippen LogP contribution in [0, 0.1) is 0 Å². The Labute approximate surface area is 202 Å². The van der Waals surface area contributed by atoms with E-state index >= 15 is 0 Å². The lowest BCUT2D eigenvalue weighted by Gasteiger charge is -2.39. The topological polar surface area (TPSA) is 90.8 Å². The zero-order valence-electron chi connectivity index (χ0n) is 19.0. The third-order valence-corrected chi connectivity index (χ3v) is 7.11. The third-order valence-electron chi connectivity index (χ3n) is 6.74. The lowest BCUT2D eigenvalue weighted by atomic mass is 9.83. The van der Waals surface area contributed by atoms with E-state index in [0.29, 0.717) is 47.8 Å². The van der Waals surface area contributed by atoms with Crippen molar-refractivity contribution >= 4 is 33.3 Å². The zero-order valence-corrected chi connectivity index (χ0v) is 19.8. The Morgan fingerprint density at radius 2 is 1.94 bits per heavy atom. The van der Waals surface area contributed by atoms with E-state index in [-0.39, 0.29) is 0 Å². The van der Waals surface area contributed by atoms with Crippen LogP contribution in [-0.2, 0) is 5.60 Å². The fourth-order valence-electron chi connectivity index (χ4n) is 4.79. The summed E-state index contributed by atoms with van der Waals surface area (Å²) in [6, 6.07) is 11.6. The smallest absolute Gasteiger partial charge is 0.198 e. The van der Waals surface area contributed by atoms with Gasteiger partial charge in [0.15, 0.2) is 6.29 Å². The van der Waals surface area contributed by atoms with E-state index < -0.39 is 11.9 Å². The van der Waals surface area contributed by atoms with E-state index in [2.05, 4.69) is 14.9 Å². The first-order valence-electron chi connectivity index (χ1n) is 11.4. The van der Waals surface area contributed by atoms with Crippen LogP contribution in [0.1, 0.15) is 24.8 Å². The number of hydrogen-bond acceptors (Lipinski definition) is 6. The van der Waals surface area contributed by atoms with Gasteiger partial charge >= 0.3 is 0 Å². The minimum Gasteiger partial charge on any atom is -0.495 e. The maximum atomic E-state index is 11.4. The predicted molar refractivity (Wildman–Crippen MR) is 132 cm³/mol. The van der Waals surface area contributed by atoms with Gasteiger partial charge in [0.2, 0.25) is 0 Å². The summed E-state index contributed by atoms with van der Waals surface area (Å²) in [7, 11) is 1.54. The van der Waals surface area contributed by atoms with Gasteiger partial charge in [0.25, 0.3) is 0 Å². The zero-order chi connectivity index (χ0) is 23.7. The molecule has 5 rings (SSSR count). The van der Waals surface area contributed by atoms with Gasteiger partial charge in [-0.1, -0.05) is 35.9 Å². The molecule has 0 amide bonds. The predicted octanol–water partition coefficient (Wildman–Crippen LogP) is 4.45. The first-order valence-corrected chi connectivity index (χ1v) is 11.8. The monoisotopic (exact) mass is 481 g/mol. The number of ether oxygens (including phenoxy) is 2. The van der Waals surface area contributed by atoms with Crippen LogP contribution in [-0.4, -0.2) is 58.1 Å². The molecular weight excluding hydrogens is 454 g/mol. The Bertz CT molecular complexity index is 1290. The number of piperidine rings is 1. The Morgan fingerprint density at radius 3 is 2.74 bits per heavy atom. The van der Waals surface area contributed by atoms with Crippen molar-refractivity contribution < 1.29 is 19.7 Å². The van der Waals surface area contributed by atoms with Crippen molar-refractivity contribution in [2.45, 2.75) is 31.2 Å². The summed E-state index contributed by atoms with van der Waals surface area (Å²) in [4.78, 5) is 9.67. The molecule has 3 N–H and O–H groups in total. The lowest BCUT2D eigenvalue weighted by molar-refractivity contribution is -0.0467. The van der Waals surface area contributed by atoms with Gasteiger partial charge in [-0.25, -0.2) is 0 Å². The van der Waals surface area contributed by atoms with Gasteiger partial charge < -0.3 is 29.6 Å². The molecule has 34 heavy (non-hydrogen) atoms. The highest BCUT2D eigenvalue weighted by molar-refractivity contribution is 6.36. The number of aromatic nitrogens is 2. The second kappa shape index (κ2) is 9.43. The van der Waals surface area contributed by atoms with Crippen molar-refractivity contribution in [2.24, 2.45) is 0 Å². The molecule has 8 heteroatoms. The van der Waals surface area contributed by atoms with Crippen LogP contribution < -0.4 is 9.47 Å². The summed E-state index contributed by atoms with van der Waals surface area (Å²) < 4.78 is 11.2. The van der Waals surface area contributed by atoms with E-state index in [1.165, 1.54) is 0 Å². The minimum atomic E-state index is -0.980. The molecular formula is C26H28ClN3O4. The molecule has 1 aliphatic heterocycles. The van der Waals surface area contributed by atoms with E-state index in [9.17, 15) is 10.2 Å². The summed E-state index contributed by atoms with van der Waals surface area (Å²) in [5.74, 6) is 0.999. The summed E-state index contributed by atoms with van der Waals surface area (Å²) in [5, 5.41) is 25.3. The van der Waals surface area contributed by atoms with Crippen LogP contribution >= 0.6 is 11.6 Å². The molecule has 1 fully saturated rings. The van der Waals surface area contributed by atoms with Gasteiger partial charge in [0.05, 0.1) is 18.2 Å². The van der Waals surface area contributed by atoms with Crippen LogP contribution in [0.2, 0.25) is 5.02 Å². The Hall–Kier alpha value is -2.84. The number of methoxy groups -OCH3 is 1. The molecule has 0 spiro atoms. The molecule has 1 aliphatic rings.